The van der Waals surface area contributed by atoms with Crippen LogP contribution in [0.4, 0.5) is 0 Å². The fourth-order valence-corrected chi connectivity index (χ4v) is 2.81. The van der Waals surface area contributed by atoms with Gasteiger partial charge in [0.05, 0.1) is 22.7 Å². The van der Waals surface area contributed by atoms with E-state index in [2.05, 4.69) is 30.3 Å². The Hall–Kier alpha value is -1.26. The molecule has 0 fully saturated rings. The van der Waals surface area contributed by atoms with Crippen LogP contribution in [0.3, 0.4) is 0 Å². The molecule has 0 saturated heterocycles. The Morgan fingerprint density at radius 1 is 1.45 bits per heavy atom. The van der Waals surface area contributed by atoms with Crippen LogP contribution in [0.1, 0.15) is 42.6 Å². The first-order valence-electron chi connectivity index (χ1n) is 7.05. The van der Waals surface area contributed by atoms with Gasteiger partial charge in [-0.1, -0.05) is 25.4 Å². The first kappa shape index (κ1) is 15.1. The molecule has 110 valence electrons. The predicted octanol–water partition coefficient (Wildman–Crippen LogP) is 3.43. The summed E-state index contributed by atoms with van der Waals surface area (Å²) in [5, 5.41) is 8.75. The number of rotatable bonds is 6. The van der Waals surface area contributed by atoms with Gasteiger partial charge in [0, 0.05) is 25.1 Å². The Labute approximate surface area is 125 Å². The Kier molecular flexibility index (Phi) is 4.89. The molecule has 0 saturated carbocycles. The van der Waals surface area contributed by atoms with E-state index in [9.17, 15) is 0 Å². The molecule has 0 aliphatic heterocycles. The zero-order chi connectivity index (χ0) is 14.7. The Morgan fingerprint density at radius 2 is 2.20 bits per heavy atom. The molecule has 1 unspecified atom stereocenters. The smallest absolute Gasteiger partial charge is 0.101 e. The molecule has 2 rings (SSSR count). The largest absolute Gasteiger partial charge is 0.469 e. The van der Waals surface area contributed by atoms with Crippen molar-refractivity contribution in [3.05, 3.63) is 40.1 Å². The zero-order valence-electron chi connectivity index (χ0n) is 12.5. The third kappa shape index (κ3) is 3.07. The molecule has 1 N–H and O–H groups in total. The molecule has 2 aromatic heterocycles. The molecule has 0 radical (unpaired) electrons. The van der Waals surface area contributed by atoms with Gasteiger partial charge in [0.15, 0.2) is 0 Å². The van der Waals surface area contributed by atoms with Crippen LogP contribution < -0.4 is 5.32 Å². The second-order valence-electron chi connectivity index (χ2n) is 4.99. The van der Waals surface area contributed by atoms with Crippen molar-refractivity contribution in [3.63, 3.8) is 0 Å². The maximum Gasteiger partial charge on any atom is 0.101 e. The number of aromatic nitrogens is 2. The van der Waals surface area contributed by atoms with Crippen LogP contribution in [-0.4, -0.2) is 16.3 Å². The van der Waals surface area contributed by atoms with Crippen molar-refractivity contribution in [1.82, 2.24) is 15.1 Å². The number of hydrogen-bond donors (Lipinski definition) is 1. The quantitative estimate of drug-likeness (QED) is 0.888. The molecular weight excluding hydrogens is 274 g/mol. The Morgan fingerprint density at radius 3 is 2.70 bits per heavy atom. The summed E-state index contributed by atoms with van der Waals surface area (Å²) in [5.74, 6) is 0.924. The normalized spacial score (nSPS) is 12.8. The molecule has 0 bridgehead atoms. The van der Waals surface area contributed by atoms with Gasteiger partial charge >= 0.3 is 0 Å². The van der Waals surface area contributed by atoms with Crippen molar-refractivity contribution in [3.8, 4) is 0 Å². The van der Waals surface area contributed by atoms with E-state index >= 15 is 0 Å². The van der Waals surface area contributed by atoms with Crippen LogP contribution in [0.25, 0.3) is 0 Å². The van der Waals surface area contributed by atoms with Crippen LogP contribution in [0.2, 0.25) is 5.02 Å². The summed E-state index contributed by atoms with van der Waals surface area (Å²) in [6.45, 7) is 7.02. The molecule has 2 heterocycles. The fraction of sp³-hybridized carbons (Fsp3) is 0.533. The van der Waals surface area contributed by atoms with E-state index in [1.807, 2.05) is 24.9 Å². The lowest BCUT2D eigenvalue weighted by atomic mass is 10.0. The maximum atomic E-state index is 6.43. The third-order valence-electron chi connectivity index (χ3n) is 3.50. The standard InChI is InChI=1S/C15H22ClN3O/c1-5-12-15(16)14(19(4)18-12)8-13(17-6-2)11-7-10(3)20-9-11/h7,9,13,17H,5-6,8H2,1-4H3. The highest BCUT2D eigenvalue weighted by atomic mass is 35.5. The monoisotopic (exact) mass is 295 g/mol. The molecule has 20 heavy (non-hydrogen) atoms. The topological polar surface area (TPSA) is 43.0 Å². The number of hydrogen-bond acceptors (Lipinski definition) is 3. The summed E-state index contributed by atoms with van der Waals surface area (Å²) in [7, 11) is 1.95. The molecule has 0 amide bonds. The van der Waals surface area contributed by atoms with Crippen LogP contribution in [0.5, 0.6) is 0 Å². The minimum absolute atomic E-state index is 0.190. The Balaban J connectivity index is 2.26. The number of halogens is 1. The molecule has 0 aliphatic carbocycles. The highest BCUT2D eigenvalue weighted by molar-refractivity contribution is 6.31. The first-order valence-corrected chi connectivity index (χ1v) is 7.43. The van der Waals surface area contributed by atoms with Crippen molar-refractivity contribution in [2.24, 2.45) is 7.05 Å². The second-order valence-corrected chi connectivity index (χ2v) is 5.37. The predicted molar refractivity (Wildman–Crippen MR) is 81.2 cm³/mol. The van der Waals surface area contributed by atoms with Crippen molar-refractivity contribution in [1.29, 1.82) is 0 Å². The first-order chi connectivity index (χ1) is 9.56. The number of furan rings is 1. The number of likely N-dealkylation sites (N-methyl/N-ethyl adjacent to an activating group) is 1. The molecular formula is C15H22ClN3O. The molecule has 0 spiro atoms. The SMILES string of the molecule is CCNC(Cc1c(Cl)c(CC)nn1C)c1coc(C)c1. The van der Waals surface area contributed by atoms with E-state index < -0.39 is 0 Å². The third-order valence-corrected chi connectivity index (χ3v) is 3.94. The van der Waals surface area contributed by atoms with E-state index in [1.165, 1.54) is 0 Å². The summed E-state index contributed by atoms with van der Waals surface area (Å²) in [4.78, 5) is 0. The summed E-state index contributed by atoms with van der Waals surface area (Å²) in [6.07, 6.45) is 3.46. The van der Waals surface area contributed by atoms with Gasteiger partial charge < -0.3 is 9.73 Å². The van der Waals surface area contributed by atoms with Gasteiger partial charge in [-0.2, -0.15) is 5.10 Å². The van der Waals surface area contributed by atoms with Crippen LogP contribution >= 0.6 is 11.6 Å². The lowest BCUT2D eigenvalue weighted by molar-refractivity contribution is 0.503. The number of aryl methyl sites for hydroxylation is 3. The van der Waals surface area contributed by atoms with Gasteiger partial charge in [-0.25, -0.2) is 0 Å². The highest BCUT2D eigenvalue weighted by Crippen LogP contribution is 2.27. The summed E-state index contributed by atoms with van der Waals surface area (Å²) in [5.41, 5.74) is 3.18. The summed E-state index contributed by atoms with van der Waals surface area (Å²) < 4.78 is 7.31. The molecule has 2 aromatic rings. The molecule has 1 atom stereocenters. The van der Waals surface area contributed by atoms with Gasteiger partial charge in [0.25, 0.3) is 0 Å². The minimum atomic E-state index is 0.190. The molecule has 0 aromatic carbocycles. The summed E-state index contributed by atoms with van der Waals surface area (Å²) >= 11 is 6.43. The van der Waals surface area contributed by atoms with E-state index in [4.69, 9.17) is 16.0 Å². The van der Waals surface area contributed by atoms with E-state index in [-0.39, 0.29) is 6.04 Å². The zero-order valence-corrected chi connectivity index (χ0v) is 13.3. The number of nitrogens with zero attached hydrogens (tertiary/aromatic N) is 2. The lowest BCUT2D eigenvalue weighted by Crippen LogP contribution is -2.23. The van der Waals surface area contributed by atoms with Crippen molar-refractivity contribution in [2.75, 3.05) is 6.54 Å². The molecule has 5 heteroatoms. The summed E-state index contributed by atoms with van der Waals surface area (Å²) in [6, 6.07) is 2.26. The van der Waals surface area contributed by atoms with Crippen molar-refractivity contribution in [2.45, 2.75) is 39.7 Å². The lowest BCUT2D eigenvalue weighted by Gasteiger charge is -2.16. The van der Waals surface area contributed by atoms with Gasteiger partial charge in [0.1, 0.15) is 5.76 Å². The molecule has 4 nitrogen and oxygen atoms in total. The maximum absolute atomic E-state index is 6.43. The fourth-order valence-electron chi connectivity index (χ4n) is 2.44. The minimum Gasteiger partial charge on any atom is -0.469 e. The second kappa shape index (κ2) is 6.46. The van der Waals surface area contributed by atoms with Crippen LogP contribution in [0, 0.1) is 6.92 Å². The van der Waals surface area contributed by atoms with E-state index in [0.717, 1.165) is 47.1 Å². The average Bonchev–Trinajstić information content (AvgIpc) is 2.96. The van der Waals surface area contributed by atoms with Crippen molar-refractivity contribution < 1.29 is 4.42 Å². The number of nitrogens with one attached hydrogen (secondary N) is 1. The van der Waals surface area contributed by atoms with Gasteiger partial charge in [-0.05, 0) is 26.0 Å². The van der Waals surface area contributed by atoms with Gasteiger partial charge in [0.2, 0.25) is 0 Å². The Bertz CT molecular complexity index is 574. The van der Waals surface area contributed by atoms with Gasteiger partial charge in [-0.15, -0.1) is 0 Å². The van der Waals surface area contributed by atoms with Crippen LogP contribution in [0.15, 0.2) is 16.7 Å². The van der Waals surface area contributed by atoms with Crippen LogP contribution in [-0.2, 0) is 19.9 Å². The van der Waals surface area contributed by atoms with E-state index in [1.54, 1.807) is 0 Å². The van der Waals surface area contributed by atoms with Crippen molar-refractivity contribution >= 4 is 11.6 Å². The van der Waals surface area contributed by atoms with Gasteiger partial charge in [-0.3, -0.25) is 4.68 Å². The molecule has 0 aliphatic rings. The highest BCUT2D eigenvalue weighted by Gasteiger charge is 2.19. The average molecular weight is 296 g/mol. The van der Waals surface area contributed by atoms with E-state index in [0.29, 0.717) is 0 Å².